The Labute approximate surface area is 136 Å². The van der Waals surface area contributed by atoms with Crippen LogP contribution < -0.4 is 4.74 Å². The lowest BCUT2D eigenvalue weighted by Gasteiger charge is -2.06. The molecular weight excluding hydrogens is 312 g/mol. The Morgan fingerprint density at radius 2 is 1.96 bits per heavy atom. The van der Waals surface area contributed by atoms with Crippen LogP contribution >= 0.6 is 0 Å². The van der Waals surface area contributed by atoms with Gasteiger partial charge in [0.2, 0.25) is 5.78 Å². The number of non-ortho nitro benzene ring substituents is 1. The number of benzene rings is 2. The van der Waals surface area contributed by atoms with Crippen molar-refractivity contribution in [3.05, 3.63) is 76.1 Å². The molecule has 0 atom stereocenters. The van der Waals surface area contributed by atoms with Crippen LogP contribution in [0.2, 0.25) is 0 Å². The summed E-state index contributed by atoms with van der Waals surface area (Å²) in [5.41, 5.74) is 0.883. The van der Waals surface area contributed by atoms with Crippen molar-refractivity contribution in [3.8, 4) is 11.4 Å². The molecule has 0 saturated carbocycles. The van der Waals surface area contributed by atoms with Gasteiger partial charge in [0.05, 0.1) is 23.9 Å². The third kappa shape index (κ3) is 2.84. The van der Waals surface area contributed by atoms with Crippen molar-refractivity contribution in [2.24, 2.45) is 0 Å². The zero-order chi connectivity index (χ0) is 17.1. The maximum absolute atomic E-state index is 12.7. The highest BCUT2D eigenvalue weighted by atomic mass is 16.6. The monoisotopic (exact) mass is 324 g/mol. The number of nitrogens with zero attached hydrogens (tertiary/aromatic N) is 4. The van der Waals surface area contributed by atoms with Gasteiger partial charge in [-0.05, 0) is 24.3 Å². The van der Waals surface area contributed by atoms with Crippen LogP contribution in [0.5, 0.6) is 5.75 Å². The molecule has 1 heterocycles. The standard InChI is InChI=1S/C16H12N4O4/c1-24-14-7-5-12(6-8-14)19-15(10-17-18-19)16(21)11-3-2-4-13(9-11)20(22)23/h2-10H,1H3. The van der Waals surface area contributed by atoms with E-state index in [9.17, 15) is 14.9 Å². The second-order valence-electron chi connectivity index (χ2n) is 4.87. The molecule has 24 heavy (non-hydrogen) atoms. The highest BCUT2D eigenvalue weighted by Crippen LogP contribution is 2.19. The predicted molar refractivity (Wildman–Crippen MR) is 84.4 cm³/mol. The molecule has 1 aromatic heterocycles. The summed E-state index contributed by atoms with van der Waals surface area (Å²) in [6.45, 7) is 0. The number of carbonyl (C=O) groups excluding carboxylic acids is 1. The zero-order valence-corrected chi connectivity index (χ0v) is 12.6. The third-order valence-electron chi connectivity index (χ3n) is 3.42. The Hall–Kier alpha value is -3.55. The Morgan fingerprint density at radius 1 is 1.21 bits per heavy atom. The molecule has 0 N–H and O–H groups in total. The Morgan fingerprint density at radius 3 is 2.62 bits per heavy atom. The first-order valence-electron chi connectivity index (χ1n) is 6.94. The Bertz CT molecular complexity index is 902. The fraction of sp³-hybridized carbons (Fsp3) is 0.0625. The van der Waals surface area contributed by atoms with E-state index in [1.807, 2.05) is 0 Å². The van der Waals surface area contributed by atoms with Gasteiger partial charge in [-0.3, -0.25) is 14.9 Å². The molecule has 0 radical (unpaired) electrons. The van der Waals surface area contributed by atoms with E-state index in [1.54, 1.807) is 31.4 Å². The van der Waals surface area contributed by atoms with Crippen molar-refractivity contribution in [1.82, 2.24) is 15.0 Å². The average molecular weight is 324 g/mol. The van der Waals surface area contributed by atoms with Gasteiger partial charge in [-0.2, -0.15) is 0 Å². The maximum atomic E-state index is 12.7. The minimum Gasteiger partial charge on any atom is -0.497 e. The van der Waals surface area contributed by atoms with E-state index >= 15 is 0 Å². The van der Waals surface area contributed by atoms with E-state index in [0.717, 1.165) is 0 Å². The summed E-state index contributed by atoms with van der Waals surface area (Å²) in [7, 11) is 1.56. The minimum absolute atomic E-state index is 0.149. The molecular formula is C16H12N4O4. The lowest BCUT2D eigenvalue weighted by molar-refractivity contribution is -0.384. The molecule has 3 aromatic rings. The summed E-state index contributed by atoms with van der Waals surface area (Å²) in [4.78, 5) is 23.0. The maximum Gasteiger partial charge on any atom is 0.270 e. The van der Waals surface area contributed by atoms with E-state index in [1.165, 1.54) is 35.1 Å². The normalized spacial score (nSPS) is 10.4. The van der Waals surface area contributed by atoms with Crippen LogP contribution in [0.1, 0.15) is 16.1 Å². The molecule has 120 valence electrons. The van der Waals surface area contributed by atoms with Gasteiger partial charge in [0.1, 0.15) is 11.4 Å². The van der Waals surface area contributed by atoms with Gasteiger partial charge in [-0.1, -0.05) is 17.3 Å². The van der Waals surface area contributed by atoms with Crippen molar-refractivity contribution in [3.63, 3.8) is 0 Å². The summed E-state index contributed by atoms with van der Waals surface area (Å²) < 4.78 is 6.47. The second kappa shape index (κ2) is 6.29. The topological polar surface area (TPSA) is 100 Å². The molecule has 3 rings (SSSR count). The lowest BCUT2D eigenvalue weighted by atomic mass is 10.1. The number of hydrogen-bond acceptors (Lipinski definition) is 6. The lowest BCUT2D eigenvalue weighted by Crippen LogP contribution is -2.10. The molecule has 0 amide bonds. The minimum atomic E-state index is -0.546. The van der Waals surface area contributed by atoms with E-state index in [2.05, 4.69) is 10.3 Å². The highest BCUT2D eigenvalue weighted by molar-refractivity contribution is 6.08. The first kappa shape index (κ1) is 15.3. The smallest absolute Gasteiger partial charge is 0.270 e. The number of ether oxygens (including phenoxy) is 1. The van der Waals surface area contributed by atoms with Crippen LogP contribution in [-0.4, -0.2) is 32.8 Å². The van der Waals surface area contributed by atoms with Gasteiger partial charge in [0.25, 0.3) is 5.69 Å². The van der Waals surface area contributed by atoms with Crippen LogP contribution in [0.15, 0.2) is 54.7 Å². The molecule has 2 aromatic carbocycles. The van der Waals surface area contributed by atoms with Crippen molar-refractivity contribution >= 4 is 11.5 Å². The molecule has 8 heteroatoms. The fourth-order valence-electron chi connectivity index (χ4n) is 2.21. The fourth-order valence-corrected chi connectivity index (χ4v) is 2.21. The van der Waals surface area contributed by atoms with Crippen molar-refractivity contribution in [1.29, 1.82) is 0 Å². The molecule has 0 bridgehead atoms. The number of ketones is 1. The van der Waals surface area contributed by atoms with E-state index in [0.29, 0.717) is 11.4 Å². The van der Waals surface area contributed by atoms with Gasteiger partial charge in [0.15, 0.2) is 0 Å². The Balaban J connectivity index is 1.98. The first-order chi connectivity index (χ1) is 11.6. The van der Waals surface area contributed by atoms with Gasteiger partial charge < -0.3 is 4.74 Å². The SMILES string of the molecule is COc1ccc(-n2nncc2C(=O)c2cccc([N+](=O)[O-])c2)cc1. The van der Waals surface area contributed by atoms with Gasteiger partial charge >= 0.3 is 0 Å². The quantitative estimate of drug-likeness (QED) is 0.406. The van der Waals surface area contributed by atoms with E-state index in [-0.39, 0.29) is 16.9 Å². The summed E-state index contributed by atoms with van der Waals surface area (Å²) in [6.07, 6.45) is 1.32. The van der Waals surface area contributed by atoms with Crippen LogP contribution in [0.3, 0.4) is 0 Å². The summed E-state index contributed by atoms with van der Waals surface area (Å²) >= 11 is 0. The van der Waals surface area contributed by atoms with Gasteiger partial charge in [-0.25, -0.2) is 4.68 Å². The number of rotatable bonds is 5. The molecule has 0 aliphatic rings. The largest absolute Gasteiger partial charge is 0.497 e. The number of aromatic nitrogens is 3. The third-order valence-corrected chi connectivity index (χ3v) is 3.42. The molecule has 8 nitrogen and oxygen atoms in total. The van der Waals surface area contributed by atoms with Gasteiger partial charge in [0, 0.05) is 17.7 Å². The first-order valence-corrected chi connectivity index (χ1v) is 6.94. The van der Waals surface area contributed by atoms with Crippen LogP contribution in [-0.2, 0) is 0 Å². The van der Waals surface area contributed by atoms with Crippen LogP contribution in [0.25, 0.3) is 5.69 Å². The summed E-state index contributed by atoms with van der Waals surface area (Å²) in [5.74, 6) is 0.268. The average Bonchev–Trinajstić information content (AvgIpc) is 3.11. The molecule has 0 aliphatic heterocycles. The molecule has 0 fully saturated rings. The molecule has 0 spiro atoms. The van der Waals surface area contributed by atoms with Crippen LogP contribution in [0, 0.1) is 10.1 Å². The second-order valence-corrected chi connectivity index (χ2v) is 4.87. The van der Waals surface area contributed by atoms with Crippen molar-refractivity contribution in [2.75, 3.05) is 7.11 Å². The number of carbonyl (C=O) groups is 1. The predicted octanol–water partition coefficient (Wildman–Crippen LogP) is 2.42. The highest BCUT2D eigenvalue weighted by Gasteiger charge is 2.18. The number of nitro groups is 1. The van der Waals surface area contributed by atoms with Gasteiger partial charge in [-0.15, -0.1) is 5.10 Å². The zero-order valence-electron chi connectivity index (χ0n) is 12.6. The number of methoxy groups -OCH3 is 1. The van der Waals surface area contributed by atoms with E-state index < -0.39 is 10.7 Å². The summed E-state index contributed by atoms with van der Waals surface area (Å²) in [6, 6.07) is 12.5. The van der Waals surface area contributed by atoms with Crippen molar-refractivity contribution in [2.45, 2.75) is 0 Å². The number of hydrogen-bond donors (Lipinski definition) is 0. The molecule has 0 aliphatic carbocycles. The van der Waals surface area contributed by atoms with E-state index in [4.69, 9.17) is 4.74 Å². The molecule has 0 unspecified atom stereocenters. The van der Waals surface area contributed by atoms with Crippen LogP contribution in [0.4, 0.5) is 5.69 Å². The Kier molecular flexibility index (Phi) is 4.02. The summed E-state index contributed by atoms with van der Waals surface area (Å²) in [5, 5.41) is 18.6. The molecule has 0 saturated heterocycles. The van der Waals surface area contributed by atoms with Crippen molar-refractivity contribution < 1.29 is 14.5 Å². The number of nitro benzene ring substituents is 1.